The zero-order valence-corrected chi connectivity index (χ0v) is 17.5. The van der Waals surface area contributed by atoms with Crippen LogP contribution in [0.4, 0.5) is 0 Å². The van der Waals surface area contributed by atoms with Crippen LogP contribution < -0.4 is 5.56 Å². The number of rotatable bonds is 3. The van der Waals surface area contributed by atoms with E-state index in [0.717, 1.165) is 39.8 Å². The van der Waals surface area contributed by atoms with Gasteiger partial charge in [0.15, 0.2) is 0 Å². The average molecular weight is 409 g/mol. The summed E-state index contributed by atoms with van der Waals surface area (Å²) in [7, 11) is 0. The maximum absolute atomic E-state index is 12.5. The Bertz CT molecular complexity index is 1280. The Morgan fingerprint density at radius 1 is 1.14 bits per heavy atom. The van der Waals surface area contributed by atoms with Crippen LogP contribution in [0.25, 0.3) is 15.9 Å². The summed E-state index contributed by atoms with van der Waals surface area (Å²) >= 11 is 3.48. The summed E-state index contributed by atoms with van der Waals surface area (Å²) in [5.74, 6) is 1.42. The highest BCUT2D eigenvalue weighted by molar-refractivity contribution is 7.98. The SMILES string of the molecule is Cc1ccc2nc(CSc3nc(C)nc4sc5c(c34)CCCC5)cc(=O)n2c1. The van der Waals surface area contributed by atoms with Crippen molar-refractivity contribution < 1.29 is 0 Å². The lowest BCUT2D eigenvalue weighted by atomic mass is 9.97. The summed E-state index contributed by atoms with van der Waals surface area (Å²) in [6.45, 7) is 3.92. The van der Waals surface area contributed by atoms with E-state index in [0.29, 0.717) is 11.4 Å². The first kappa shape index (κ1) is 17.8. The summed E-state index contributed by atoms with van der Waals surface area (Å²) < 4.78 is 1.60. The minimum absolute atomic E-state index is 0.0405. The Morgan fingerprint density at radius 3 is 2.89 bits per heavy atom. The molecule has 4 aromatic heterocycles. The number of pyridine rings is 1. The van der Waals surface area contributed by atoms with Crippen molar-refractivity contribution in [2.75, 3.05) is 0 Å². The zero-order chi connectivity index (χ0) is 19.3. The summed E-state index contributed by atoms with van der Waals surface area (Å²) in [5.41, 5.74) is 3.91. The predicted molar refractivity (Wildman–Crippen MR) is 115 cm³/mol. The van der Waals surface area contributed by atoms with Gasteiger partial charge in [-0.3, -0.25) is 9.20 Å². The highest BCUT2D eigenvalue weighted by Crippen LogP contribution is 2.40. The molecule has 5 rings (SSSR count). The van der Waals surface area contributed by atoms with Crippen LogP contribution in [0.15, 0.2) is 34.2 Å². The molecule has 0 radical (unpaired) electrons. The molecule has 0 aromatic carbocycles. The first-order chi connectivity index (χ1) is 13.6. The Morgan fingerprint density at radius 2 is 2.00 bits per heavy atom. The maximum atomic E-state index is 12.5. The molecule has 142 valence electrons. The second-order valence-corrected chi connectivity index (χ2v) is 9.32. The van der Waals surface area contributed by atoms with Crippen LogP contribution >= 0.6 is 23.1 Å². The molecule has 0 aliphatic heterocycles. The second kappa shape index (κ2) is 6.97. The molecule has 0 bridgehead atoms. The molecule has 1 aliphatic carbocycles. The topological polar surface area (TPSA) is 60.2 Å². The zero-order valence-electron chi connectivity index (χ0n) is 15.9. The summed E-state index contributed by atoms with van der Waals surface area (Å²) in [6, 6.07) is 5.51. The van der Waals surface area contributed by atoms with Gasteiger partial charge in [0.2, 0.25) is 0 Å². The van der Waals surface area contributed by atoms with E-state index >= 15 is 0 Å². The lowest BCUT2D eigenvalue weighted by molar-refractivity contribution is 0.699. The van der Waals surface area contributed by atoms with E-state index in [9.17, 15) is 4.79 Å². The van der Waals surface area contributed by atoms with E-state index in [1.807, 2.05) is 43.5 Å². The Hall–Kier alpha value is -2.25. The van der Waals surface area contributed by atoms with Gasteiger partial charge in [-0.25, -0.2) is 15.0 Å². The standard InChI is InChI=1S/C21H20N4OS2/c1-12-7-8-17-24-14(9-18(26)25(17)10-12)11-27-20-19-15-5-3-4-6-16(15)28-21(19)23-13(2)22-20/h7-10H,3-6,11H2,1-2H3. The summed E-state index contributed by atoms with van der Waals surface area (Å²) in [6.07, 6.45) is 6.60. The number of nitrogens with zero attached hydrogens (tertiary/aromatic N) is 4. The normalized spacial score (nSPS) is 13.9. The first-order valence-electron chi connectivity index (χ1n) is 9.49. The smallest absolute Gasteiger partial charge is 0.258 e. The minimum Gasteiger partial charge on any atom is -0.269 e. The number of aryl methyl sites for hydroxylation is 4. The van der Waals surface area contributed by atoms with Gasteiger partial charge in [-0.2, -0.15) is 0 Å². The molecule has 0 unspecified atom stereocenters. The number of hydrogen-bond donors (Lipinski definition) is 0. The fourth-order valence-electron chi connectivity index (χ4n) is 3.80. The largest absolute Gasteiger partial charge is 0.269 e. The molecule has 4 aromatic rings. The van der Waals surface area contributed by atoms with Crippen LogP contribution in [0, 0.1) is 13.8 Å². The predicted octanol–water partition coefficient (Wildman–Crippen LogP) is 4.49. The molecular formula is C21H20N4OS2. The molecule has 7 heteroatoms. The van der Waals surface area contributed by atoms with Crippen LogP contribution in [-0.4, -0.2) is 19.4 Å². The lowest BCUT2D eigenvalue weighted by Crippen LogP contribution is -2.15. The van der Waals surface area contributed by atoms with Crippen molar-refractivity contribution in [1.82, 2.24) is 19.4 Å². The van der Waals surface area contributed by atoms with Crippen LogP contribution in [0.3, 0.4) is 0 Å². The van der Waals surface area contributed by atoms with Crippen LogP contribution in [0.2, 0.25) is 0 Å². The molecule has 1 aliphatic rings. The third kappa shape index (κ3) is 3.12. The average Bonchev–Trinajstić information content (AvgIpc) is 3.05. The fourth-order valence-corrected chi connectivity index (χ4v) is 6.17. The molecule has 0 fully saturated rings. The van der Waals surface area contributed by atoms with Crippen LogP contribution in [0.5, 0.6) is 0 Å². The third-order valence-electron chi connectivity index (χ3n) is 5.11. The number of hydrogen-bond acceptors (Lipinski definition) is 6. The Labute approximate surface area is 170 Å². The van der Waals surface area contributed by atoms with Crippen LogP contribution in [-0.2, 0) is 18.6 Å². The van der Waals surface area contributed by atoms with E-state index < -0.39 is 0 Å². The molecule has 4 heterocycles. The summed E-state index contributed by atoms with van der Waals surface area (Å²) in [5, 5.41) is 2.25. The van der Waals surface area contributed by atoms with E-state index in [-0.39, 0.29) is 5.56 Å². The molecule has 0 N–H and O–H groups in total. The summed E-state index contributed by atoms with van der Waals surface area (Å²) in [4.78, 5) is 29.1. The van der Waals surface area contributed by atoms with E-state index in [1.165, 1.54) is 28.7 Å². The highest BCUT2D eigenvalue weighted by Gasteiger charge is 2.21. The monoisotopic (exact) mass is 408 g/mol. The Balaban J connectivity index is 1.52. The van der Waals surface area contributed by atoms with E-state index in [1.54, 1.807) is 22.2 Å². The van der Waals surface area contributed by atoms with Crippen molar-refractivity contribution in [3.8, 4) is 0 Å². The van der Waals surface area contributed by atoms with Gasteiger partial charge >= 0.3 is 0 Å². The first-order valence-corrected chi connectivity index (χ1v) is 11.3. The van der Waals surface area contributed by atoms with E-state index in [2.05, 4.69) is 9.97 Å². The molecule has 0 spiro atoms. The van der Waals surface area contributed by atoms with Crippen LogP contribution in [0.1, 0.15) is 40.4 Å². The van der Waals surface area contributed by atoms with Crippen molar-refractivity contribution in [3.05, 3.63) is 62.3 Å². The minimum atomic E-state index is -0.0405. The van der Waals surface area contributed by atoms with Gasteiger partial charge < -0.3 is 0 Å². The third-order valence-corrected chi connectivity index (χ3v) is 7.31. The lowest BCUT2D eigenvalue weighted by Gasteiger charge is -2.12. The molecular weight excluding hydrogens is 388 g/mol. The van der Waals surface area contributed by atoms with Crippen molar-refractivity contribution >= 4 is 39.0 Å². The maximum Gasteiger partial charge on any atom is 0.258 e. The van der Waals surface area contributed by atoms with Crippen molar-refractivity contribution in [2.24, 2.45) is 0 Å². The molecule has 0 amide bonds. The molecule has 5 nitrogen and oxygen atoms in total. The van der Waals surface area contributed by atoms with E-state index in [4.69, 9.17) is 4.98 Å². The molecule has 0 atom stereocenters. The highest BCUT2D eigenvalue weighted by atomic mass is 32.2. The van der Waals surface area contributed by atoms with Crippen molar-refractivity contribution in [2.45, 2.75) is 50.3 Å². The second-order valence-electron chi connectivity index (χ2n) is 7.28. The quantitative estimate of drug-likeness (QED) is 0.369. The van der Waals surface area contributed by atoms with Crippen molar-refractivity contribution in [1.29, 1.82) is 0 Å². The van der Waals surface area contributed by atoms with Gasteiger partial charge in [-0.15, -0.1) is 11.3 Å². The number of fused-ring (bicyclic) bond motifs is 4. The number of thiophene rings is 1. The molecule has 0 saturated heterocycles. The molecule has 28 heavy (non-hydrogen) atoms. The van der Waals surface area contributed by atoms with Gasteiger partial charge in [0.25, 0.3) is 5.56 Å². The van der Waals surface area contributed by atoms with Gasteiger partial charge in [0, 0.05) is 28.3 Å². The Kier molecular flexibility index (Phi) is 4.44. The van der Waals surface area contributed by atoms with Gasteiger partial charge in [0.05, 0.1) is 5.69 Å². The van der Waals surface area contributed by atoms with Gasteiger partial charge in [-0.05, 0) is 56.7 Å². The molecule has 0 saturated carbocycles. The number of aromatic nitrogens is 4. The van der Waals surface area contributed by atoms with Gasteiger partial charge in [-0.1, -0.05) is 17.8 Å². The van der Waals surface area contributed by atoms with Gasteiger partial charge in [0.1, 0.15) is 21.3 Å². The van der Waals surface area contributed by atoms with Crippen molar-refractivity contribution in [3.63, 3.8) is 0 Å². The fraction of sp³-hybridized carbons (Fsp3) is 0.333. The number of thioether (sulfide) groups is 1.